The lowest BCUT2D eigenvalue weighted by molar-refractivity contribution is 0.0696. The van der Waals surface area contributed by atoms with Crippen LogP contribution < -0.4 is 0 Å². The zero-order valence-corrected chi connectivity index (χ0v) is 16.0. The molecule has 0 aliphatic heterocycles. The molecule has 0 fully saturated rings. The van der Waals surface area contributed by atoms with Gasteiger partial charge in [-0.15, -0.1) is 0 Å². The predicted molar refractivity (Wildman–Crippen MR) is 103 cm³/mol. The number of imidazole rings is 1. The van der Waals surface area contributed by atoms with Crippen molar-refractivity contribution in [2.75, 3.05) is 12.4 Å². The van der Waals surface area contributed by atoms with Gasteiger partial charge in [-0.3, -0.25) is 4.79 Å². The Balaban J connectivity index is 1.86. The molecule has 26 heavy (non-hydrogen) atoms. The zero-order valence-electron chi connectivity index (χ0n) is 13.6. The SMILES string of the molecule is O=C(O)c1ccc2c(c1)nc(SCC(=O)c1ccc(Br)cc1)n2CCO. The van der Waals surface area contributed by atoms with Crippen LogP contribution in [0.5, 0.6) is 0 Å². The average molecular weight is 435 g/mol. The average Bonchev–Trinajstić information content (AvgIpc) is 2.97. The van der Waals surface area contributed by atoms with E-state index in [9.17, 15) is 14.7 Å². The van der Waals surface area contributed by atoms with Crippen molar-refractivity contribution in [2.45, 2.75) is 11.7 Å². The van der Waals surface area contributed by atoms with E-state index >= 15 is 0 Å². The first-order chi connectivity index (χ1) is 12.5. The van der Waals surface area contributed by atoms with Crippen molar-refractivity contribution >= 4 is 50.5 Å². The van der Waals surface area contributed by atoms with E-state index in [1.54, 1.807) is 22.8 Å². The normalized spacial score (nSPS) is 11.0. The molecule has 0 aliphatic rings. The largest absolute Gasteiger partial charge is 0.478 e. The van der Waals surface area contributed by atoms with Gasteiger partial charge in [0.2, 0.25) is 0 Å². The summed E-state index contributed by atoms with van der Waals surface area (Å²) < 4.78 is 2.70. The number of aliphatic hydroxyl groups excluding tert-OH is 1. The van der Waals surface area contributed by atoms with E-state index in [0.29, 0.717) is 22.8 Å². The van der Waals surface area contributed by atoms with E-state index in [0.717, 1.165) is 9.99 Å². The molecule has 0 bridgehead atoms. The number of aromatic nitrogens is 2. The minimum atomic E-state index is -1.02. The van der Waals surface area contributed by atoms with Crippen molar-refractivity contribution in [3.63, 3.8) is 0 Å². The second-order valence-electron chi connectivity index (χ2n) is 5.50. The fraction of sp³-hybridized carbons (Fsp3) is 0.167. The number of hydrogen-bond acceptors (Lipinski definition) is 5. The Labute approximate surface area is 162 Å². The number of halogens is 1. The number of nitrogens with zero attached hydrogens (tertiary/aromatic N) is 2. The van der Waals surface area contributed by atoms with Crippen LogP contribution in [-0.4, -0.2) is 43.9 Å². The number of Topliss-reactive ketones (excluding diaryl/α,β-unsaturated/α-hetero) is 1. The fourth-order valence-corrected chi connectivity index (χ4v) is 3.72. The number of carbonyl (C=O) groups excluding carboxylic acids is 1. The first kappa shape index (κ1) is 18.6. The Morgan fingerprint density at radius 1 is 1.12 bits per heavy atom. The maximum atomic E-state index is 12.4. The second-order valence-corrected chi connectivity index (χ2v) is 7.36. The number of carbonyl (C=O) groups is 2. The summed E-state index contributed by atoms with van der Waals surface area (Å²) in [6.45, 7) is 0.234. The molecule has 1 heterocycles. The van der Waals surface area contributed by atoms with E-state index in [4.69, 9.17) is 5.11 Å². The molecule has 0 saturated carbocycles. The Morgan fingerprint density at radius 2 is 1.81 bits per heavy atom. The van der Waals surface area contributed by atoms with Crippen molar-refractivity contribution in [3.8, 4) is 0 Å². The molecular formula is C18H15BrN2O4S. The van der Waals surface area contributed by atoms with Gasteiger partial charge in [0.25, 0.3) is 0 Å². The molecule has 0 spiro atoms. The fourth-order valence-electron chi connectivity index (χ4n) is 2.52. The quantitative estimate of drug-likeness (QED) is 0.436. The Kier molecular flexibility index (Phi) is 5.75. The topological polar surface area (TPSA) is 92.4 Å². The van der Waals surface area contributed by atoms with Crippen molar-refractivity contribution in [1.29, 1.82) is 0 Å². The predicted octanol–water partition coefficient (Wildman–Crippen LogP) is 3.46. The number of ketones is 1. The minimum Gasteiger partial charge on any atom is -0.478 e. The van der Waals surface area contributed by atoms with Crippen molar-refractivity contribution in [1.82, 2.24) is 9.55 Å². The summed E-state index contributed by atoms with van der Waals surface area (Å²) in [7, 11) is 0. The number of carboxylic acids is 1. The van der Waals surface area contributed by atoms with E-state index in [1.165, 1.54) is 23.9 Å². The number of benzene rings is 2. The monoisotopic (exact) mass is 434 g/mol. The maximum absolute atomic E-state index is 12.4. The lowest BCUT2D eigenvalue weighted by atomic mass is 10.2. The molecule has 0 radical (unpaired) electrons. The Hall–Kier alpha value is -2.16. The van der Waals surface area contributed by atoms with Crippen molar-refractivity contribution in [3.05, 3.63) is 58.1 Å². The molecule has 0 atom stereocenters. The number of carboxylic acid groups (broad SMARTS) is 1. The molecule has 0 amide bonds. The molecule has 0 aliphatic carbocycles. The van der Waals surface area contributed by atoms with Crippen LogP contribution in [0, 0.1) is 0 Å². The molecule has 3 rings (SSSR count). The summed E-state index contributed by atoms with van der Waals surface area (Å²) in [4.78, 5) is 27.9. The van der Waals surface area contributed by atoms with Gasteiger partial charge < -0.3 is 14.8 Å². The third-order valence-corrected chi connectivity index (χ3v) is 5.29. The smallest absolute Gasteiger partial charge is 0.335 e. The van der Waals surface area contributed by atoms with Gasteiger partial charge in [0.05, 0.1) is 29.0 Å². The first-order valence-corrected chi connectivity index (χ1v) is 9.53. The summed E-state index contributed by atoms with van der Waals surface area (Å²) >= 11 is 4.60. The third-order valence-electron chi connectivity index (χ3n) is 3.78. The molecule has 3 aromatic rings. The summed E-state index contributed by atoms with van der Waals surface area (Å²) in [6.07, 6.45) is 0. The lowest BCUT2D eigenvalue weighted by Gasteiger charge is -2.07. The van der Waals surface area contributed by atoms with E-state index in [-0.39, 0.29) is 23.7 Å². The van der Waals surface area contributed by atoms with Crippen molar-refractivity contribution < 1.29 is 19.8 Å². The number of rotatable bonds is 7. The number of thioether (sulfide) groups is 1. The molecule has 0 unspecified atom stereocenters. The van der Waals surface area contributed by atoms with Crippen LogP contribution in [0.2, 0.25) is 0 Å². The van der Waals surface area contributed by atoms with Gasteiger partial charge >= 0.3 is 5.97 Å². The summed E-state index contributed by atoms with van der Waals surface area (Å²) in [5.74, 6) is -0.859. The Morgan fingerprint density at radius 3 is 2.46 bits per heavy atom. The van der Waals surface area contributed by atoms with Gasteiger partial charge in [0.15, 0.2) is 10.9 Å². The molecule has 134 valence electrons. The molecular weight excluding hydrogens is 420 g/mol. The summed E-state index contributed by atoms with van der Waals surface area (Å²) in [5, 5.41) is 19.0. The zero-order chi connectivity index (χ0) is 18.7. The van der Waals surface area contributed by atoms with Crippen LogP contribution in [-0.2, 0) is 6.54 Å². The number of aromatic carboxylic acids is 1. The highest BCUT2D eigenvalue weighted by molar-refractivity contribution is 9.10. The van der Waals surface area contributed by atoms with E-state index < -0.39 is 5.97 Å². The summed E-state index contributed by atoms with van der Waals surface area (Å²) in [6, 6.07) is 11.8. The lowest BCUT2D eigenvalue weighted by Crippen LogP contribution is -2.07. The van der Waals surface area contributed by atoms with Gasteiger partial charge in [-0.25, -0.2) is 9.78 Å². The van der Waals surface area contributed by atoms with Crippen LogP contribution >= 0.6 is 27.7 Å². The highest BCUT2D eigenvalue weighted by atomic mass is 79.9. The highest BCUT2D eigenvalue weighted by Gasteiger charge is 2.15. The molecule has 2 N–H and O–H groups in total. The van der Waals surface area contributed by atoms with Gasteiger partial charge in [0, 0.05) is 16.6 Å². The van der Waals surface area contributed by atoms with Crippen LogP contribution in [0.25, 0.3) is 11.0 Å². The number of aliphatic hydroxyl groups is 1. The molecule has 8 heteroatoms. The third kappa shape index (κ3) is 3.98. The van der Waals surface area contributed by atoms with Crippen LogP contribution in [0.1, 0.15) is 20.7 Å². The highest BCUT2D eigenvalue weighted by Crippen LogP contribution is 2.26. The van der Waals surface area contributed by atoms with Crippen LogP contribution in [0.3, 0.4) is 0 Å². The van der Waals surface area contributed by atoms with Gasteiger partial charge in [-0.05, 0) is 30.3 Å². The first-order valence-electron chi connectivity index (χ1n) is 7.75. The van der Waals surface area contributed by atoms with Gasteiger partial charge in [-0.1, -0.05) is 39.8 Å². The molecule has 1 aromatic heterocycles. The van der Waals surface area contributed by atoms with Crippen LogP contribution in [0.4, 0.5) is 0 Å². The molecule has 0 saturated heterocycles. The second kappa shape index (κ2) is 8.03. The summed E-state index contributed by atoms with van der Waals surface area (Å²) in [5.41, 5.74) is 2.01. The minimum absolute atomic E-state index is 0.0312. The van der Waals surface area contributed by atoms with E-state index in [1.807, 2.05) is 12.1 Å². The Bertz CT molecular complexity index is 969. The molecule has 2 aromatic carbocycles. The number of hydrogen-bond donors (Lipinski definition) is 2. The molecule has 6 nitrogen and oxygen atoms in total. The van der Waals surface area contributed by atoms with Crippen molar-refractivity contribution in [2.24, 2.45) is 0 Å². The van der Waals surface area contributed by atoms with Gasteiger partial charge in [0.1, 0.15) is 0 Å². The standard InChI is InChI=1S/C18H15BrN2O4S/c19-13-4-1-11(2-5-13)16(23)10-26-18-20-14-9-12(17(24)25)3-6-15(14)21(18)7-8-22/h1-6,9,22H,7-8,10H2,(H,24,25). The maximum Gasteiger partial charge on any atom is 0.335 e. The van der Waals surface area contributed by atoms with Gasteiger partial charge in [-0.2, -0.15) is 0 Å². The van der Waals surface area contributed by atoms with Crippen LogP contribution in [0.15, 0.2) is 52.1 Å². The number of fused-ring (bicyclic) bond motifs is 1. The van der Waals surface area contributed by atoms with E-state index in [2.05, 4.69) is 20.9 Å².